The molecule has 29 heavy (non-hydrogen) atoms. The standard InChI is InChI=1S/C21H34N2O6/c1-3-28-14-29-15-12-16-17(13-15)20(25)23(2)11-9-7-5-4-6-8-10-18(21(26)27)22-19(16)24/h4,6,15-18H,3,5,7-14H2,1-2H3,(H,22,24)(H,26,27). The summed E-state index contributed by atoms with van der Waals surface area (Å²) in [5.74, 6) is -2.63. The number of fused-ring (bicyclic) bond motifs is 1. The SMILES string of the molecule is CCOCOC1CC2C(=O)NC(C(=O)O)CCC=CCCCCN(C)C(=O)C2C1. The Morgan fingerprint density at radius 3 is 2.66 bits per heavy atom. The Bertz CT molecular complexity index is 594. The fourth-order valence-electron chi connectivity index (χ4n) is 3.96. The normalized spacial score (nSPS) is 29.7. The maximum absolute atomic E-state index is 13.0. The van der Waals surface area contributed by atoms with Crippen LogP contribution in [-0.4, -0.2) is 66.9 Å². The van der Waals surface area contributed by atoms with Gasteiger partial charge in [0.25, 0.3) is 0 Å². The average molecular weight is 411 g/mol. The quantitative estimate of drug-likeness (QED) is 0.408. The zero-order valence-corrected chi connectivity index (χ0v) is 17.5. The Hall–Kier alpha value is -1.93. The molecule has 4 atom stereocenters. The highest BCUT2D eigenvalue weighted by molar-refractivity contribution is 5.90. The van der Waals surface area contributed by atoms with Crippen molar-refractivity contribution in [2.75, 3.05) is 27.0 Å². The minimum atomic E-state index is -1.06. The van der Waals surface area contributed by atoms with E-state index in [1.807, 2.05) is 19.1 Å². The summed E-state index contributed by atoms with van der Waals surface area (Å²) in [6, 6.07) is -0.964. The molecule has 2 aliphatic rings. The van der Waals surface area contributed by atoms with Crippen molar-refractivity contribution < 1.29 is 29.0 Å². The summed E-state index contributed by atoms with van der Waals surface area (Å²) in [6.45, 7) is 3.15. The molecule has 1 heterocycles. The van der Waals surface area contributed by atoms with Gasteiger partial charge in [-0.25, -0.2) is 4.79 Å². The van der Waals surface area contributed by atoms with Crippen molar-refractivity contribution in [3.05, 3.63) is 12.2 Å². The first-order valence-corrected chi connectivity index (χ1v) is 10.6. The van der Waals surface area contributed by atoms with E-state index in [9.17, 15) is 19.5 Å². The number of aliphatic carboxylic acids is 1. The van der Waals surface area contributed by atoms with E-state index in [0.717, 1.165) is 19.3 Å². The van der Waals surface area contributed by atoms with Crippen LogP contribution in [0.15, 0.2) is 12.2 Å². The van der Waals surface area contributed by atoms with E-state index in [2.05, 4.69) is 5.32 Å². The number of carbonyl (C=O) groups is 3. The maximum atomic E-state index is 13.0. The predicted molar refractivity (Wildman–Crippen MR) is 107 cm³/mol. The highest BCUT2D eigenvalue weighted by Crippen LogP contribution is 2.35. The molecule has 0 bridgehead atoms. The minimum Gasteiger partial charge on any atom is -0.480 e. The molecule has 1 saturated carbocycles. The zero-order chi connectivity index (χ0) is 21.2. The number of allylic oxidation sites excluding steroid dienone is 2. The lowest BCUT2D eigenvalue weighted by Crippen LogP contribution is -2.46. The van der Waals surface area contributed by atoms with Gasteiger partial charge in [0.15, 0.2) is 0 Å². The van der Waals surface area contributed by atoms with Crippen LogP contribution in [0.5, 0.6) is 0 Å². The molecule has 0 aromatic heterocycles. The Balaban J connectivity index is 2.16. The molecule has 4 unspecified atom stereocenters. The fourth-order valence-corrected chi connectivity index (χ4v) is 3.96. The number of ether oxygens (including phenoxy) is 2. The number of carbonyl (C=O) groups excluding carboxylic acids is 2. The second-order valence-electron chi connectivity index (χ2n) is 7.79. The third-order valence-electron chi connectivity index (χ3n) is 5.66. The lowest BCUT2D eigenvalue weighted by molar-refractivity contribution is -0.144. The first kappa shape index (κ1) is 23.3. The topological polar surface area (TPSA) is 105 Å². The van der Waals surface area contributed by atoms with Gasteiger partial charge in [0, 0.05) is 20.2 Å². The van der Waals surface area contributed by atoms with Crippen LogP contribution in [0.2, 0.25) is 0 Å². The summed E-state index contributed by atoms with van der Waals surface area (Å²) >= 11 is 0. The highest BCUT2D eigenvalue weighted by atomic mass is 16.7. The zero-order valence-electron chi connectivity index (χ0n) is 17.5. The number of carboxylic acids is 1. The first-order chi connectivity index (χ1) is 13.9. The average Bonchev–Trinajstić information content (AvgIpc) is 3.11. The predicted octanol–water partition coefficient (Wildman–Crippen LogP) is 1.94. The molecular formula is C21H34N2O6. The van der Waals surface area contributed by atoms with E-state index in [1.54, 1.807) is 11.9 Å². The molecule has 1 aliphatic carbocycles. The van der Waals surface area contributed by atoms with E-state index < -0.39 is 23.8 Å². The summed E-state index contributed by atoms with van der Waals surface area (Å²) in [6.07, 6.45) is 8.22. The molecule has 1 fully saturated rings. The molecule has 1 aliphatic heterocycles. The van der Waals surface area contributed by atoms with Crippen LogP contribution in [0.4, 0.5) is 0 Å². The Morgan fingerprint density at radius 1 is 1.21 bits per heavy atom. The maximum Gasteiger partial charge on any atom is 0.326 e. The second kappa shape index (κ2) is 11.9. The molecule has 0 radical (unpaired) electrons. The number of hydrogen-bond acceptors (Lipinski definition) is 5. The molecule has 0 saturated heterocycles. The summed E-state index contributed by atoms with van der Waals surface area (Å²) in [4.78, 5) is 39.2. The third kappa shape index (κ3) is 7.12. The van der Waals surface area contributed by atoms with Crippen molar-refractivity contribution in [1.82, 2.24) is 10.2 Å². The van der Waals surface area contributed by atoms with Gasteiger partial charge in [0.1, 0.15) is 12.8 Å². The van der Waals surface area contributed by atoms with E-state index in [-0.39, 0.29) is 24.7 Å². The van der Waals surface area contributed by atoms with Crippen molar-refractivity contribution in [2.24, 2.45) is 11.8 Å². The van der Waals surface area contributed by atoms with Crippen molar-refractivity contribution in [3.8, 4) is 0 Å². The lowest BCUT2D eigenvalue weighted by atomic mass is 9.93. The third-order valence-corrected chi connectivity index (χ3v) is 5.66. The van der Waals surface area contributed by atoms with Gasteiger partial charge < -0.3 is 24.8 Å². The van der Waals surface area contributed by atoms with Gasteiger partial charge in [0.2, 0.25) is 11.8 Å². The minimum absolute atomic E-state index is 0.0788. The Kier molecular flexibility index (Phi) is 9.60. The molecule has 8 heteroatoms. The number of hydrogen-bond donors (Lipinski definition) is 2. The molecule has 0 spiro atoms. The molecule has 2 N–H and O–H groups in total. The van der Waals surface area contributed by atoms with Crippen LogP contribution in [0.1, 0.15) is 51.9 Å². The number of carboxylic acid groups (broad SMARTS) is 1. The molecule has 164 valence electrons. The van der Waals surface area contributed by atoms with Crippen molar-refractivity contribution in [1.29, 1.82) is 0 Å². The van der Waals surface area contributed by atoms with Crippen LogP contribution in [-0.2, 0) is 23.9 Å². The van der Waals surface area contributed by atoms with E-state index in [1.165, 1.54) is 0 Å². The first-order valence-electron chi connectivity index (χ1n) is 10.6. The van der Waals surface area contributed by atoms with Crippen molar-refractivity contribution in [3.63, 3.8) is 0 Å². The van der Waals surface area contributed by atoms with E-state index in [0.29, 0.717) is 38.8 Å². The van der Waals surface area contributed by atoms with Crippen LogP contribution in [0, 0.1) is 11.8 Å². The van der Waals surface area contributed by atoms with Crippen molar-refractivity contribution >= 4 is 17.8 Å². The molecule has 2 amide bonds. The fraction of sp³-hybridized carbons (Fsp3) is 0.762. The lowest BCUT2D eigenvalue weighted by Gasteiger charge is -2.25. The molecule has 2 rings (SSSR count). The van der Waals surface area contributed by atoms with Crippen LogP contribution >= 0.6 is 0 Å². The summed E-state index contributed by atoms with van der Waals surface area (Å²) in [7, 11) is 1.76. The molecule has 0 aromatic rings. The number of nitrogens with zero attached hydrogens (tertiary/aromatic N) is 1. The van der Waals surface area contributed by atoms with E-state index in [4.69, 9.17) is 9.47 Å². The van der Waals surface area contributed by atoms with Gasteiger partial charge in [-0.2, -0.15) is 0 Å². The van der Waals surface area contributed by atoms with Crippen LogP contribution in [0.3, 0.4) is 0 Å². The summed E-state index contributed by atoms with van der Waals surface area (Å²) < 4.78 is 10.9. The number of nitrogens with one attached hydrogen (secondary N) is 1. The largest absolute Gasteiger partial charge is 0.480 e. The Labute approximate surface area is 172 Å². The monoisotopic (exact) mass is 410 g/mol. The Morgan fingerprint density at radius 2 is 1.93 bits per heavy atom. The summed E-state index contributed by atoms with van der Waals surface area (Å²) in [5, 5.41) is 12.1. The number of rotatable bonds is 5. The second-order valence-corrected chi connectivity index (χ2v) is 7.79. The van der Waals surface area contributed by atoms with Gasteiger partial charge >= 0.3 is 5.97 Å². The smallest absolute Gasteiger partial charge is 0.326 e. The highest BCUT2D eigenvalue weighted by Gasteiger charge is 2.44. The van der Waals surface area contributed by atoms with Gasteiger partial charge in [0.05, 0.1) is 17.9 Å². The van der Waals surface area contributed by atoms with Gasteiger partial charge in [-0.05, 0) is 51.9 Å². The van der Waals surface area contributed by atoms with E-state index >= 15 is 0 Å². The van der Waals surface area contributed by atoms with Gasteiger partial charge in [-0.3, -0.25) is 9.59 Å². The van der Waals surface area contributed by atoms with Crippen molar-refractivity contribution in [2.45, 2.75) is 64.0 Å². The van der Waals surface area contributed by atoms with Gasteiger partial charge in [-0.1, -0.05) is 12.2 Å². The van der Waals surface area contributed by atoms with Crippen LogP contribution < -0.4 is 5.32 Å². The molecule has 8 nitrogen and oxygen atoms in total. The van der Waals surface area contributed by atoms with Gasteiger partial charge in [-0.15, -0.1) is 0 Å². The molecule has 0 aromatic carbocycles. The molecular weight excluding hydrogens is 376 g/mol. The summed E-state index contributed by atoms with van der Waals surface area (Å²) in [5.41, 5.74) is 0. The number of amides is 2. The van der Waals surface area contributed by atoms with Crippen LogP contribution in [0.25, 0.3) is 0 Å².